The van der Waals surface area contributed by atoms with E-state index in [2.05, 4.69) is 31.2 Å². The molecule has 1 nitrogen and oxygen atoms in total. The van der Waals surface area contributed by atoms with Gasteiger partial charge >= 0.3 is 0 Å². The summed E-state index contributed by atoms with van der Waals surface area (Å²) in [7, 11) is 0. The summed E-state index contributed by atoms with van der Waals surface area (Å²) in [5, 5.41) is 0. The highest BCUT2D eigenvalue weighted by Gasteiger charge is 2.56. The predicted octanol–water partition coefficient (Wildman–Crippen LogP) is 3.68. The molecule has 90 valence electrons. The van der Waals surface area contributed by atoms with Crippen LogP contribution in [0.2, 0.25) is 0 Å². The number of aryl methyl sites for hydroxylation is 1. The van der Waals surface area contributed by atoms with E-state index in [0.29, 0.717) is 5.41 Å². The highest BCUT2D eigenvalue weighted by Crippen LogP contribution is 2.61. The Kier molecular flexibility index (Phi) is 1.87. The first-order valence-corrected chi connectivity index (χ1v) is 6.93. The van der Waals surface area contributed by atoms with Crippen LogP contribution >= 0.6 is 0 Å². The molecule has 1 heterocycles. The number of benzene rings is 1. The summed E-state index contributed by atoms with van der Waals surface area (Å²) in [5.74, 6) is 0.767. The van der Waals surface area contributed by atoms with Gasteiger partial charge in [-0.3, -0.25) is 0 Å². The fourth-order valence-corrected chi connectivity index (χ4v) is 4.61. The Bertz CT molecular complexity index is 466. The number of rotatable bonds is 0. The smallest absolute Gasteiger partial charge is 0.0661 e. The lowest BCUT2D eigenvalue weighted by Gasteiger charge is -2.46. The Hall–Kier alpha value is -0.820. The molecule has 1 heteroatoms. The molecule has 2 aliphatic carbocycles. The van der Waals surface area contributed by atoms with Crippen LogP contribution < -0.4 is 0 Å². The minimum atomic E-state index is 0.197. The molecule has 3 atom stereocenters. The molecular formula is C16H20O. The zero-order valence-corrected chi connectivity index (χ0v) is 10.5. The summed E-state index contributed by atoms with van der Waals surface area (Å²) in [4.78, 5) is 0. The Labute approximate surface area is 103 Å². The van der Waals surface area contributed by atoms with Gasteiger partial charge in [-0.2, -0.15) is 0 Å². The fraction of sp³-hybridized carbons (Fsp3) is 0.625. The van der Waals surface area contributed by atoms with E-state index in [4.69, 9.17) is 4.74 Å². The van der Waals surface area contributed by atoms with Crippen molar-refractivity contribution in [2.24, 2.45) is 5.41 Å². The molecule has 0 unspecified atom stereocenters. The van der Waals surface area contributed by atoms with Gasteiger partial charge in [0, 0.05) is 5.41 Å². The summed E-state index contributed by atoms with van der Waals surface area (Å²) in [6.07, 6.45) is 6.46. The van der Waals surface area contributed by atoms with E-state index in [1.165, 1.54) is 32.1 Å². The maximum Gasteiger partial charge on any atom is 0.0661 e. The van der Waals surface area contributed by atoms with Gasteiger partial charge in [0.25, 0.3) is 0 Å². The van der Waals surface area contributed by atoms with Crippen molar-refractivity contribution in [1.82, 2.24) is 0 Å². The summed E-state index contributed by atoms with van der Waals surface area (Å²) in [6, 6.07) is 9.09. The van der Waals surface area contributed by atoms with Gasteiger partial charge in [-0.05, 0) is 56.1 Å². The van der Waals surface area contributed by atoms with E-state index < -0.39 is 0 Å². The number of ether oxygens (including phenoxy) is 1. The van der Waals surface area contributed by atoms with Crippen LogP contribution in [0.15, 0.2) is 24.3 Å². The lowest BCUT2D eigenvalue weighted by Crippen LogP contribution is -2.40. The van der Waals surface area contributed by atoms with Gasteiger partial charge in [0.05, 0.1) is 12.2 Å². The molecule has 0 amide bonds. The number of fused-ring (bicyclic) bond motifs is 3. The maximum atomic E-state index is 6.14. The van der Waals surface area contributed by atoms with Crippen molar-refractivity contribution < 1.29 is 4.74 Å². The Morgan fingerprint density at radius 1 is 1.24 bits per heavy atom. The summed E-state index contributed by atoms with van der Waals surface area (Å²) >= 11 is 0. The third kappa shape index (κ3) is 1.29. The zero-order valence-electron chi connectivity index (χ0n) is 10.5. The van der Waals surface area contributed by atoms with Gasteiger partial charge in [-0.25, -0.2) is 0 Å². The van der Waals surface area contributed by atoms with E-state index in [0.717, 1.165) is 12.5 Å². The van der Waals surface area contributed by atoms with Crippen LogP contribution in [-0.4, -0.2) is 12.2 Å². The Morgan fingerprint density at radius 2 is 2.12 bits per heavy atom. The normalized spacial score (nSPS) is 43.0. The first-order valence-electron chi connectivity index (χ1n) is 6.93. The molecule has 0 radical (unpaired) electrons. The van der Waals surface area contributed by atoms with Crippen LogP contribution in [0.3, 0.4) is 0 Å². The van der Waals surface area contributed by atoms with Crippen molar-refractivity contribution >= 4 is 0 Å². The van der Waals surface area contributed by atoms with Gasteiger partial charge in [-0.1, -0.05) is 24.3 Å². The highest BCUT2D eigenvalue weighted by atomic mass is 16.5. The molecule has 1 aliphatic heterocycles. The van der Waals surface area contributed by atoms with Crippen molar-refractivity contribution in [2.45, 2.75) is 50.5 Å². The van der Waals surface area contributed by atoms with Crippen molar-refractivity contribution in [2.75, 3.05) is 6.61 Å². The molecule has 2 fully saturated rings. The predicted molar refractivity (Wildman–Crippen MR) is 68.1 cm³/mol. The van der Waals surface area contributed by atoms with Crippen LogP contribution in [0.4, 0.5) is 0 Å². The molecule has 3 aliphatic rings. The van der Waals surface area contributed by atoms with E-state index in [1.54, 1.807) is 11.1 Å². The zero-order chi connectivity index (χ0) is 11.5. The maximum absolute atomic E-state index is 6.14. The van der Waals surface area contributed by atoms with E-state index in [-0.39, 0.29) is 5.60 Å². The molecule has 1 spiro atoms. The topological polar surface area (TPSA) is 9.23 Å². The van der Waals surface area contributed by atoms with Crippen LogP contribution in [0, 0.1) is 5.41 Å². The van der Waals surface area contributed by atoms with Crippen LogP contribution in [0.1, 0.15) is 49.7 Å². The molecular weight excluding hydrogens is 208 g/mol. The highest BCUT2D eigenvalue weighted by molar-refractivity contribution is 5.36. The molecule has 1 saturated heterocycles. The van der Waals surface area contributed by atoms with Gasteiger partial charge in [0.15, 0.2) is 0 Å². The van der Waals surface area contributed by atoms with Crippen LogP contribution in [0.5, 0.6) is 0 Å². The molecule has 0 aromatic heterocycles. The van der Waals surface area contributed by atoms with Gasteiger partial charge in [-0.15, -0.1) is 0 Å². The second kappa shape index (κ2) is 3.14. The average Bonchev–Trinajstić information content (AvgIpc) is 2.60. The second-order valence-corrected chi connectivity index (χ2v) is 6.57. The lowest BCUT2D eigenvalue weighted by atomic mass is 9.57. The largest absolute Gasteiger partial charge is 0.375 e. The molecule has 1 saturated carbocycles. The quantitative estimate of drug-likeness (QED) is 0.658. The second-order valence-electron chi connectivity index (χ2n) is 6.57. The molecule has 17 heavy (non-hydrogen) atoms. The van der Waals surface area contributed by atoms with Gasteiger partial charge in [0.1, 0.15) is 0 Å². The van der Waals surface area contributed by atoms with E-state index in [1.807, 2.05) is 0 Å². The third-order valence-corrected chi connectivity index (χ3v) is 5.46. The van der Waals surface area contributed by atoms with E-state index in [9.17, 15) is 0 Å². The SMILES string of the molecule is C[C@]12CC[C@@H]3c4ccccc4CC[C@]3(CO1)C2. The van der Waals surface area contributed by atoms with Crippen molar-refractivity contribution in [3.05, 3.63) is 35.4 Å². The van der Waals surface area contributed by atoms with Crippen molar-refractivity contribution in [3.63, 3.8) is 0 Å². The summed E-state index contributed by atoms with van der Waals surface area (Å²) in [6.45, 7) is 3.32. The van der Waals surface area contributed by atoms with Crippen molar-refractivity contribution in [1.29, 1.82) is 0 Å². The number of hydrogen-bond donors (Lipinski definition) is 0. The van der Waals surface area contributed by atoms with Crippen LogP contribution in [-0.2, 0) is 11.2 Å². The Balaban J connectivity index is 1.81. The lowest BCUT2D eigenvalue weighted by molar-refractivity contribution is 0.0143. The fourth-order valence-electron chi connectivity index (χ4n) is 4.61. The number of hydrogen-bond acceptors (Lipinski definition) is 1. The standard InChI is InChI=1S/C16H20O/c1-15-8-7-14-13-5-3-2-4-12(13)6-9-16(14,10-15)11-17-15/h2-5,14H,6-11H2,1H3/t14-,15-,16-/m1/s1. The Morgan fingerprint density at radius 3 is 3.06 bits per heavy atom. The molecule has 2 bridgehead atoms. The van der Waals surface area contributed by atoms with Gasteiger partial charge in [0.2, 0.25) is 0 Å². The molecule has 1 aromatic carbocycles. The van der Waals surface area contributed by atoms with E-state index >= 15 is 0 Å². The van der Waals surface area contributed by atoms with Crippen LogP contribution in [0.25, 0.3) is 0 Å². The van der Waals surface area contributed by atoms with Crippen molar-refractivity contribution in [3.8, 4) is 0 Å². The molecule has 4 rings (SSSR count). The monoisotopic (exact) mass is 228 g/mol. The minimum absolute atomic E-state index is 0.197. The average molecular weight is 228 g/mol. The third-order valence-electron chi connectivity index (χ3n) is 5.46. The first kappa shape index (κ1) is 10.1. The summed E-state index contributed by atoms with van der Waals surface area (Å²) < 4.78 is 6.14. The first-order chi connectivity index (χ1) is 8.21. The molecule has 1 aromatic rings. The summed E-state index contributed by atoms with van der Waals surface area (Å²) in [5.41, 5.74) is 3.90. The molecule has 0 N–H and O–H groups in total. The minimum Gasteiger partial charge on any atom is -0.375 e. The van der Waals surface area contributed by atoms with Gasteiger partial charge < -0.3 is 4.74 Å².